The predicted octanol–water partition coefficient (Wildman–Crippen LogP) is 9.64. The summed E-state index contributed by atoms with van der Waals surface area (Å²) >= 11 is 0. The van der Waals surface area contributed by atoms with Gasteiger partial charge in [-0.1, -0.05) is 110 Å². The number of nitrogens with two attached hydrogens (primary N) is 6. The maximum atomic E-state index is 11.2. The van der Waals surface area contributed by atoms with Gasteiger partial charge in [0.05, 0.1) is 62.0 Å². The van der Waals surface area contributed by atoms with Crippen LogP contribution in [0.3, 0.4) is 0 Å². The standard InChI is InChI=1S/C17H24N6O3.C17H25N5O2.2C16H23N5O2.C15H21N5O2.5H2S/c1-2-4-11(7-8-24)22-16-14(9-20-17(19)23-16)26-10-12-5-3-6-13(21-12)15(18)25;1-2-3-6-14(7-9-23)21-16-15(11-20-17(18)22-16)24-12-13-5-4-8-19-10-13;1-2-4-13(6-8-22)20-15-14(10-19-16(17)21-15)23-11-12-5-3-7-18-9-12;1-2-3-6-13(10-22)20-15-14(9-19-16(17)21-15)23-11-12-5-4-7-18-8-12;1-2-4-12(9-21)19-14-13(8-18-15(16)20-14)22-10-11-5-3-6-17-7-11;;;;;/h3,5-6,9,11,24H,2,4,7-8,10H2,1H3,(H2,18,25)(H3,19,20,22,23);4-5,8,10-11,14,23H,2-3,6-7,9,12H2,1H3,(H3,18,20,21,22);3,5,7,9-10,13,22H,2,4,6,8,11H2,1H3,(H3,17,19,20,21);4-5,7-9,13,22H,2-3,6,10-11H2,1H3,(H3,17,19,20,21);3,5-8,12,21H,2,4,9-10H2,1H3,(H3,16,18,19,20);5*1H2/t11-;14-;2*13-;12-;;;;;/m00000...../s1. The van der Waals surface area contributed by atoms with E-state index in [0.29, 0.717) is 109 Å². The number of unbranched alkanes of at least 4 members (excludes halogenated alkanes) is 2. The number of hydrogen-bond acceptors (Lipinski definition) is 36. The van der Waals surface area contributed by atoms with E-state index in [2.05, 4.69) is 136 Å². The van der Waals surface area contributed by atoms with Crippen molar-refractivity contribution in [2.75, 3.05) is 88.3 Å². The molecule has 22 N–H and O–H groups in total. The van der Waals surface area contributed by atoms with Crippen LogP contribution in [0.4, 0.5) is 58.8 Å². The Bertz CT molecular complexity index is 4420. The number of primary amides is 1. The number of pyridine rings is 5. The topological polar surface area (TPSA) is 574 Å². The summed E-state index contributed by atoms with van der Waals surface area (Å²) in [6.07, 6.45) is 34.9. The lowest BCUT2D eigenvalue weighted by molar-refractivity contribution is 0.0995. The van der Waals surface area contributed by atoms with E-state index in [4.69, 9.17) is 58.1 Å². The van der Waals surface area contributed by atoms with Crippen molar-refractivity contribution in [2.45, 2.75) is 194 Å². The number of nitrogens with zero attached hydrogens (tertiary/aromatic N) is 15. The molecule has 0 fully saturated rings. The summed E-state index contributed by atoms with van der Waals surface area (Å²) in [4.78, 5) is 72.4. The van der Waals surface area contributed by atoms with Crippen molar-refractivity contribution in [3.8, 4) is 28.7 Å². The monoisotopic (exact) mass is 1800 g/mol. The number of carbonyl (C=O) groups excluding carboxylic acids is 1. The van der Waals surface area contributed by atoms with E-state index < -0.39 is 5.91 Å². The lowest BCUT2D eigenvalue weighted by atomic mass is 10.1. The Balaban J connectivity index is 0.000000762. The number of aliphatic hydroxyl groups is 5. The van der Waals surface area contributed by atoms with Crippen molar-refractivity contribution >= 4 is 132 Å². The molecular weight excluding hydrogens is 1670 g/mol. The predicted molar refractivity (Wildman–Crippen MR) is 506 cm³/mol. The molecule has 676 valence electrons. The fourth-order valence-electron chi connectivity index (χ4n) is 11.1. The molecular formula is C81H126N26O11S5. The molecule has 1 amide bonds. The molecule has 0 aromatic carbocycles. The summed E-state index contributed by atoms with van der Waals surface area (Å²) in [6.45, 7) is 12.4. The number of aromatic nitrogens is 15. The van der Waals surface area contributed by atoms with Gasteiger partial charge in [0.15, 0.2) is 57.8 Å². The number of carbonyl (C=O) groups is 1. The minimum atomic E-state index is -0.601. The first-order chi connectivity index (χ1) is 57.4. The number of anilines is 10. The van der Waals surface area contributed by atoms with Gasteiger partial charge in [-0.2, -0.15) is 92.4 Å². The van der Waals surface area contributed by atoms with Gasteiger partial charge in [-0.25, -0.2) is 29.9 Å². The number of rotatable bonds is 46. The van der Waals surface area contributed by atoms with Gasteiger partial charge in [-0.05, 0) is 87.8 Å². The molecule has 0 aliphatic rings. The van der Waals surface area contributed by atoms with Crippen LogP contribution in [0, 0.1) is 0 Å². The average Bonchev–Trinajstić information content (AvgIpc) is 0.897. The number of nitrogens with one attached hydrogen (secondary N) is 5. The van der Waals surface area contributed by atoms with Gasteiger partial charge < -0.3 is 110 Å². The molecule has 0 saturated heterocycles. The molecule has 0 unspecified atom stereocenters. The third-order valence-electron chi connectivity index (χ3n) is 17.1. The molecule has 37 nitrogen and oxygen atoms in total. The second-order valence-electron chi connectivity index (χ2n) is 26.7. The second kappa shape index (κ2) is 64.9. The molecule has 0 spiro atoms. The van der Waals surface area contributed by atoms with Crippen molar-refractivity contribution < 1.29 is 54.0 Å². The van der Waals surface area contributed by atoms with Crippen LogP contribution in [0.15, 0.2) is 147 Å². The number of hydrogen-bond donors (Lipinski definition) is 16. The third-order valence-corrected chi connectivity index (χ3v) is 17.1. The first-order valence-electron chi connectivity index (χ1n) is 39.4. The lowest BCUT2D eigenvalue weighted by Crippen LogP contribution is -2.25. The van der Waals surface area contributed by atoms with Crippen LogP contribution in [-0.2, 0) is 33.0 Å². The van der Waals surface area contributed by atoms with Gasteiger partial charge in [0.1, 0.15) is 38.7 Å². The smallest absolute Gasteiger partial charge is 0.267 e. The van der Waals surface area contributed by atoms with Crippen molar-refractivity contribution in [2.24, 2.45) is 5.73 Å². The highest BCUT2D eigenvalue weighted by Crippen LogP contribution is 2.30. The summed E-state index contributed by atoms with van der Waals surface area (Å²) in [5, 5.41) is 62.8. The van der Waals surface area contributed by atoms with E-state index in [0.717, 1.165) is 99.3 Å². The van der Waals surface area contributed by atoms with E-state index in [1.54, 1.807) is 74.1 Å². The zero-order valence-electron chi connectivity index (χ0n) is 70.3. The van der Waals surface area contributed by atoms with Crippen LogP contribution in [0.25, 0.3) is 0 Å². The van der Waals surface area contributed by atoms with E-state index in [1.165, 1.54) is 24.7 Å². The Labute approximate surface area is 754 Å². The van der Waals surface area contributed by atoms with E-state index in [9.17, 15) is 30.3 Å². The van der Waals surface area contributed by atoms with Gasteiger partial charge in [0.2, 0.25) is 29.7 Å². The molecule has 10 rings (SSSR count). The largest absolute Gasteiger partial charge is 0.483 e. The third kappa shape index (κ3) is 43.2. The first kappa shape index (κ1) is 110. The Morgan fingerprint density at radius 2 is 0.602 bits per heavy atom. The van der Waals surface area contributed by atoms with Crippen molar-refractivity contribution in [3.63, 3.8) is 0 Å². The molecule has 42 heteroatoms. The van der Waals surface area contributed by atoms with Gasteiger partial charge in [-0.15, -0.1) is 0 Å². The minimum Gasteiger partial charge on any atom is -0.483 e. The summed E-state index contributed by atoms with van der Waals surface area (Å²) < 4.78 is 28.9. The maximum absolute atomic E-state index is 11.2. The molecule has 0 aliphatic carbocycles. The molecule has 0 saturated carbocycles. The van der Waals surface area contributed by atoms with Crippen LogP contribution in [-0.4, -0.2) is 169 Å². The normalized spacial score (nSPS) is 11.4. The molecule has 10 aromatic heterocycles. The summed E-state index contributed by atoms with van der Waals surface area (Å²) in [6, 6.07) is 20.2. The Morgan fingerprint density at radius 1 is 0.333 bits per heavy atom. The van der Waals surface area contributed by atoms with Crippen LogP contribution < -0.4 is 84.7 Å². The Morgan fingerprint density at radius 3 is 0.862 bits per heavy atom. The Hall–Kier alpha value is -10.8. The molecule has 0 aliphatic heterocycles. The van der Waals surface area contributed by atoms with Crippen LogP contribution in [0.5, 0.6) is 28.7 Å². The second-order valence-corrected chi connectivity index (χ2v) is 26.7. The van der Waals surface area contributed by atoms with Crippen molar-refractivity contribution in [1.82, 2.24) is 74.8 Å². The molecule has 10 aromatic rings. The van der Waals surface area contributed by atoms with E-state index in [-0.39, 0.29) is 173 Å². The Kier molecular flexibility index (Phi) is 58.2. The fourth-order valence-corrected chi connectivity index (χ4v) is 11.1. The number of nitrogen functional groups attached to an aromatic ring is 5. The van der Waals surface area contributed by atoms with Crippen LogP contribution in [0.2, 0.25) is 0 Å². The van der Waals surface area contributed by atoms with E-state index in [1.807, 2.05) is 48.5 Å². The van der Waals surface area contributed by atoms with E-state index >= 15 is 0 Å². The molecule has 0 bridgehead atoms. The molecule has 0 radical (unpaired) electrons. The van der Waals surface area contributed by atoms with Crippen LogP contribution >= 0.6 is 67.5 Å². The average molecular weight is 1800 g/mol. The SMILES string of the molecule is CCCC[C@@H](CCO)Nc1nc(N)ncc1OCc1cccnc1.CCCC[C@@H](CO)Nc1nc(N)ncc1OCc1cccnc1.CCC[C@@H](CCO)Nc1nc(N)ncc1OCc1cccc(C(N)=O)n1.CCC[C@@H](CCO)Nc1nc(N)ncc1OCc1cccnc1.CCC[C@@H](CO)Nc1nc(N)ncc1OCc1cccnc1.S.S.S.S.S. The van der Waals surface area contributed by atoms with Gasteiger partial charge in [0, 0.05) is 110 Å². The fraction of sp³-hybridized carbons (Fsp3) is 0.432. The van der Waals surface area contributed by atoms with Crippen molar-refractivity contribution in [3.05, 3.63) is 181 Å². The first-order valence-corrected chi connectivity index (χ1v) is 39.4. The van der Waals surface area contributed by atoms with Crippen molar-refractivity contribution in [1.29, 1.82) is 0 Å². The number of ether oxygens (including phenoxy) is 5. The number of aliphatic hydroxyl groups excluding tert-OH is 5. The highest BCUT2D eigenvalue weighted by molar-refractivity contribution is 7.60. The zero-order valence-corrected chi connectivity index (χ0v) is 75.3. The van der Waals surface area contributed by atoms with Gasteiger partial charge >= 0.3 is 0 Å². The maximum Gasteiger partial charge on any atom is 0.267 e. The summed E-state index contributed by atoms with van der Waals surface area (Å²) in [5.74, 6) is 5.21. The molecule has 5 atom stereocenters. The van der Waals surface area contributed by atoms with Gasteiger partial charge in [0.25, 0.3) is 5.91 Å². The van der Waals surface area contributed by atoms with Crippen LogP contribution in [0.1, 0.15) is 169 Å². The van der Waals surface area contributed by atoms with Gasteiger partial charge in [-0.3, -0.25) is 24.7 Å². The summed E-state index contributed by atoms with van der Waals surface area (Å²) in [7, 11) is 0. The highest BCUT2D eigenvalue weighted by atomic mass is 32.1. The zero-order chi connectivity index (χ0) is 84.9. The lowest BCUT2D eigenvalue weighted by Gasteiger charge is -2.20. The molecule has 123 heavy (non-hydrogen) atoms. The molecule has 10 heterocycles. The quantitative estimate of drug-likeness (QED) is 0.0169. The minimum absolute atomic E-state index is 0. The highest BCUT2D eigenvalue weighted by Gasteiger charge is 2.20. The summed E-state index contributed by atoms with van der Waals surface area (Å²) in [5.41, 5.74) is 38.1. The number of amides is 1.